The van der Waals surface area contributed by atoms with Crippen LogP contribution in [0.25, 0.3) is 0 Å². The van der Waals surface area contributed by atoms with E-state index in [2.05, 4.69) is 28.7 Å². The number of nitrogens with one attached hydrogen (secondary N) is 1. The van der Waals surface area contributed by atoms with Crippen LogP contribution in [0.15, 0.2) is 49.4 Å². The lowest BCUT2D eigenvalue weighted by molar-refractivity contribution is 0.633. The molecule has 1 aliphatic carbocycles. The van der Waals surface area contributed by atoms with Crippen molar-refractivity contribution in [2.24, 2.45) is 0 Å². The summed E-state index contributed by atoms with van der Waals surface area (Å²) in [6, 6.07) is 0. The molecule has 1 N–H and O–H groups in total. The van der Waals surface area contributed by atoms with E-state index in [1.807, 2.05) is 24.4 Å². The SMILES string of the molecule is C=CC1(c2ncc[nH]2)C=CC=CC1. The normalized spacial score (nSPS) is 26.2. The highest BCUT2D eigenvalue weighted by Gasteiger charge is 2.27. The number of aromatic nitrogens is 2. The van der Waals surface area contributed by atoms with Crippen molar-refractivity contribution in [1.29, 1.82) is 0 Å². The first kappa shape index (κ1) is 8.05. The Morgan fingerprint density at radius 2 is 2.46 bits per heavy atom. The average molecular weight is 172 g/mol. The highest BCUT2D eigenvalue weighted by molar-refractivity contribution is 5.33. The smallest absolute Gasteiger partial charge is 0.120 e. The summed E-state index contributed by atoms with van der Waals surface area (Å²) in [5.74, 6) is 0.961. The molecule has 1 atom stereocenters. The second-order valence-electron chi connectivity index (χ2n) is 3.17. The molecular formula is C11H12N2. The van der Waals surface area contributed by atoms with E-state index < -0.39 is 0 Å². The Labute approximate surface area is 77.7 Å². The molecule has 0 aliphatic heterocycles. The maximum Gasteiger partial charge on any atom is 0.120 e. The fourth-order valence-corrected chi connectivity index (χ4v) is 1.58. The van der Waals surface area contributed by atoms with Crippen molar-refractivity contribution in [3.8, 4) is 0 Å². The Morgan fingerprint density at radius 1 is 1.54 bits per heavy atom. The molecule has 0 fully saturated rings. The fraction of sp³-hybridized carbons (Fsp3) is 0.182. The van der Waals surface area contributed by atoms with E-state index in [1.54, 1.807) is 6.20 Å². The molecule has 0 spiro atoms. The van der Waals surface area contributed by atoms with Crippen molar-refractivity contribution in [3.63, 3.8) is 0 Å². The summed E-state index contributed by atoms with van der Waals surface area (Å²) in [6.07, 6.45) is 14.8. The molecule has 2 rings (SSSR count). The molecule has 0 radical (unpaired) electrons. The molecule has 0 aromatic carbocycles. The molecule has 1 aliphatic rings. The summed E-state index contributed by atoms with van der Waals surface area (Å²) >= 11 is 0. The average Bonchev–Trinajstić information content (AvgIpc) is 2.72. The maximum atomic E-state index is 4.27. The number of nitrogens with zero attached hydrogens (tertiary/aromatic N) is 1. The van der Waals surface area contributed by atoms with Gasteiger partial charge in [-0.05, 0) is 6.42 Å². The number of H-pyrrole nitrogens is 1. The summed E-state index contributed by atoms with van der Waals surface area (Å²) in [6.45, 7) is 3.87. The molecule has 13 heavy (non-hydrogen) atoms. The van der Waals surface area contributed by atoms with Gasteiger partial charge in [-0.3, -0.25) is 0 Å². The lowest BCUT2D eigenvalue weighted by atomic mass is 9.81. The molecule has 1 aromatic heterocycles. The van der Waals surface area contributed by atoms with E-state index in [-0.39, 0.29) is 5.41 Å². The second-order valence-corrected chi connectivity index (χ2v) is 3.17. The van der Waals surface area contributed by atoms with Gasteiger partial charge in [-0.1, -0.05) is 30.4 Å². The summed E-state index contributed by atoms with van der Waals surface area (Å²) < 4.78 is 0. The number of aromatic amines is 1. The molecule has 0 saturated carbocycles. The first-order chi connectivity index (χ1) is 6.37. The number of rotatable bonds is 2. The fourth-order valence-electron chi connectivity index (χ4n) is 1.58. The highest BCUT2D eigenvalue weighted by atomic mass is 14.9. The molecule has 0 saturated heterocycles. The van der Waals surface area contributed by atoms with Crippen LogP contribution < -0.4 is 0 Å². The summed E-state index contributed by atoms with van der Waals surface area (Å²) in [4.78, 5) is 7.40. The standard InChI is InChI=1S/C11H12N2/c1-2-11(6-4-3-5-7-11)10-12-8-9-13-10/h2-6,8-9H,1,7H2,(H,12,13). The van der Waals surface area contributed by atoms with Crippen LogP contribution in [0.3, 0.4) is 0 Å². The second kappa shape index (κ2) is 3.05. The van der Waals surface area contributed by atoms with Crippen molar-refractivity contribution in [3.05, 3.63) is 55.2 Å². The topological polar surface area (TPSA) is 28.7 Å². The number of allylic oxidation sites excluding steroid dienone is 5. The van der Waals surface area contributed by atoms with Crippen LogP contribution in [0.2, 0.25) is 0 Å². The molecule has 1 heterocycles. The van der Waals surface area contributed by atoms with Crippen LogP contribution >= 0.6 is 0 Å². The van der Waals surface area contributed by atoms with Crippen LogP contribution in [0.1, 0.15) is 12.2 Å². The Hall–Kier alpha value is -1.57. The Bertz CT molecular complexity index is 346. The third kappa shape index (κ3) is 1.24. The van der Waals surface area contributed by atoms with Gasteiger partial charge in [0.1, 0.15) is 5.82 Å². The Kier molecular flexibility index (Phi) is 1.89. The Balaban J connectivity index is 2.42. The van der Waals surface area contributed by atoms with Gasteiger partial charge in [0.25, 0.3) is 0 Å². The van der Waals surface area contributed by atoms with Gasteiger partial charge in [-0.15, -0.1) is 6.58 Å². The zero-order valence-corrected chi connectivity index (χ0v) is 7.40. The summed E-state index contributed by atoms with van der Waals surface area (Å²) in [7, 11) is 0. The van der Waals surface area contributed by atoms with Crippen LogP contribution in [0.4, 0.5) is 0 Å². The van der Waals surface area contributed by atoms with E-state index in [4.69, 9.17) is 0 Å². The van der Waals surface area contributed by atoms with Gasteiger partial charge in [0.15, 0.2) is 0 Å². The number of hydrogen-bond acceptors (Lipinski definition) is 1. The first-order valence-corrected chi connectivity index (χ1v) is 4.35. The lowest BCUT2D eigenvalue weighted by Gasteiger charge is -2.24. The van der Waals surface area contributed by atoms with Gasteiger partial charge in [-0.2, -0.15) is 0 Å². The Morgan fingerprint density at radius 3 is 3.00 bits per heavy atom. The van der Waals surface area contributed by atoms with E-state index in [0.29, 0.717) is 0 Å². The van der Waals surface area contributed by atoms with Gasteiger partial charge in [0.05, 0.1) is 5.41 Å². The molecular weight excluding hydrogens is 160 g/mol. The minimum absolute atomic E-state index is 0.127. The van der Waals surface area contributed by atoms with Crippen molar-refractivity contribution in [2.75, 3.05) is 0 Å². The van der Waals surface area contributed by atoms with Gasteiger partial charge in [0.2, 0.25) is 0 Å². The first-order valence-electron chi connectivity index (χ1n) is 4.35. The van der Waals surface area contributed by atoms with Crippen molar-refractivity contribution in [2.45, 2.75) is 11.8 Å². The molecule has 2 nitrogen and oxygen atoms in total. The lowest BCUT2D eigenvalue weighted by Crippen LogP contribution is -2.22. The third-order valence-electron chi connectivity index (χ3n) is 2.40. The van der Waals surface area contributed by atoms with E-state index >= 15 is 0 Å². The van der Waals surface area contributed by atoms with Gasteiger partial charge in [-0.25, -0.2) is 4.98 Å². The molecule has 0 bridgehead atoms. The molecule has 2 heteroatoms. The number of hydrogen-bond donors (Lipinski definition) is 1. The monoisotopic (exact) mass is 172 g/mol. The molecule has 1 aromatic rings. The minimum atomic E-state index is -0.127. The zero-order chi connectivity index (χ0) is 9.15. The largest absolute Gasteiger partial charge is 0.348 e. The van der Waals surface area contributed by atoms with Crippen LogP contribution in [0, 0.1) is 0 Å². The highest BCUT2D eigenvalue weighted by Crippen LogP contribution is 2.30. The molecule has 0 amide bonds. The zero-order valence-electron chi connectivity index (χ0n) is 7.40. The van der Waals surface area contributed by atoms with Crippen LogP contribution in [-0.4, -0.2) is 9.97 Å². The quantitative estimate of drug-likeness (QED) is 0.681. The molecule has 1 unspecified atom stereocenters. The van der Waals surface area contributed by atoms with Crippen molar-refractivity contribution >= 4 is 0 Å². The summed E-state index contributed by atoms with van der Waals surface area (Å²) in [5, 5.41) is 0. The van der Waals surface area contributed by atoms with Crippen molar-refractivity contribution in [1.82, 2.24) is 9.97 Å². The van der Waals surface area contributed by atoms with Crippen LogP contribution in [-0.2, 0) is 5.41 Å². The van der Waals surface area contributed by atoms with Crippen molar-refractivity contribution < 1.29 is 0 Å². The third-order valence-corrected chi connectivity index (χ3v) is 2.40. The van der Waals surface area contributed by atoms with Crippen LogP contribution in [0.5, 0.6) is 0 Å². The van der Waals surface area contributed by atoms with E-state index in [1.165, 1.54) is 0 Å². The van der Waals surface area contributed by atoms with E-state index in [0.717, 1.165) is 12.2 Å². The maximum absolute atomic E-state index is 4.27. The van der Waals surface area contributed by atoms with Gasteiger partial charge >= 0.3 is 0 Å². The van der Waals surface area contributed by atoms with E-state index in [9.17, 15) is 0 Å². The predicted molar refractivity (Wildman–Crippen MR) is 53.4 cm³/mol. The van der Waals surface area contributed by atoms with Gasteiger partial charge in [0, 0.05) is 12.4 Å². The van der Waals surface area contributed by atoms with Gasteiger partial charge < -0.3 is 4.98 Å². The number of imidazole rings is 1. The molecule has 66 valence electrons. The predicted octanol–water partition coefficient (Wildman–Crippen LogP) is 2.35. The summed E-state index contributed by atoms with van der Waals surface area (Å²) in [5.41, 5.74) is -0.127. The minimum Gasteiger partial charge on any atom is -0.348 e.